The topological polar surface area (TPSA) is 121 Å². The molecule has 33 heavy (non-hydrogen) atoms. The smallest absolute Gasteiger partial charge is 0.255 e. The zero-order chi connectivity index (χ0) is 23.9. The Bertz CT molecular complexity index is 1160. The van der Waals surface area contributed by atoms with Gasteiger partial charge in [0.15, 0.2) is 0 Å². The molecule has 1 saturated carbocycles. The van der Waals surface area contributed by atoms with E-state index in [0.717, 1.165) is 44.9 Å². The first-order valence-electron chi connectivity index (χ1n) is 11.2. The van der Waals surface area contributed by atoms with Crippen LogP contribution in [0, 0.1) is 0 Å². The second-order valence-electron chi connectivity index (χ2n) is 8.21. The van der Waals surface area contributed by atoms with Crippen LogP contribution in [0.25, 0.3) is 0 Å². The second kappa shape index (κ2) is 11.2. The number of rotatable bonds is 10. The van der Waals surface area contributed by atoms with E-state index < -0.39 is 26.0 Å². The van der Waals surface area contributed by atoms with Gasteiger partial charge in [-0.15, -0.1) is 0 Å². The fraction of sp³-hybridized carbons (Fsp3) is 0.435. The van der Waals surface area contributed by atoms with E-state index in [1.165, 1.54) is 48.5 Å². The van der Waals surface area contributed by atoms with Gasteiger partial charge in [-0.1, -0.05) is 38.7 Å². The summed E-state index contributed by atoms with van der Waals surface area (Å²) in [6.07, 6.45) is 6.46. The molecule has 0 bridgehead atoms. The summed E-state index contributed by atoms with van der Waals surface area (Å²) in [7, 11) is -7.32. The second-order valence-corrected chi connectivity index (χ2v) is 11.7. The van der Waals surface area contributed by atoms with Crippen LogP contribution >= 0.6 is 0 Å². The van der Waals surface area contributed by atoms with E-state index in [2.05, 4.69) is 14.8 Å². The highest BCUT2D eigenvalue weighted by Gasteiger charge is 2.22. The van der Waals surface area contributed by atoms with Crippen molar-refractivity contribution in [2.45, 2.75) is 67.7 Å². The Morgan fingerprint density at radius 2 is 1.61 bits per heavy atom. The van der Waals surface area contributed by atoms with Crippen LogP contribution in [0.3, 0.4) is 0 Å². The lowest BCUT2D eigenvalue weighted by atomic mass is 9.96. The minimum atomic E-state index is -3.70. The molecule has 0 saturated heterocycles. The Balaban J connectivity index is 1.66. The fourth-order valence-corrected chi connectivity index (χ4v) is 6.12. The van der Waals surface area contributed by atoms with Gasteiger partial charge in [0.05, 0.1) is 9.79 Å². The minimum absolute atomic E-state index is 0.0153. The molecule has 1 fully saturated rings. The first kappa shape index (κ1) is 25.4. The van der Waals surface area contributed by atoms with Crippen LogP contribution in [0.2, 0.25) is 0 Å². The Labute approximate surface area is 196 Å². The Kier molecular flexibility index (Phi) is 8.63. The standard InChI is InChI=1S/C23H31N3O5S2/c1-2-3-16-24-32(28,29)22-11-7-8-18(17-22)23(27)25-19-12-14-21(15-13-19)33(30,31)26-20-9-5-4-6-10-20/h7-8,11-15,17,20,24,26H,2-6,9-10,16H2,1H3,(H,25,27). The van der Waals surface area contributed by atoms with Gasteiger partial charge in [-0.05, 0) is 61.7 Å². The lowest BCUT2D eigenvalue weighted by Gasteiger charge is -2.22. The number of amides is 1. The quantitative estimate of drug-likeness (QED) is 0.437. The summed E-state index contributed by atoms with van der Waals surface area (Å²) in [4.78, 5) is 12.8. The van der Waals surface area contributed by atoms with E-state index in [1.54, 1.807) is 0 Å². The van der Waals surface area contributed by atoms with Crippen LogP contribution in [0.5, 0.6) is 0 Å². The maximum atomic E-state index is 12.6. The molecule has 3 N–H and O–H groups in total. The number of benzene rings is 2. The molecule has 1 amide bonds. The molecule has 8 nitrogen and oxygen atoms in total. The third-order valence-electron chi connectivity index (χ3n) is 5.58. The fourth-order valence-electron chi connectivity index (χ4n) is 3.70. The van der Waals surface area contributed by atoms with Crippen molar-refractivity contribution in [3.63, 3.8) is 0 Å². The number of carbonyl (C=O) groups excluding carboxylic acids is 1. The van der Waals surface area contributed by atoms with E-state index in [1.807, 2.05) is 6.92 Å². The average Bonchev–Trinajstić information content (AvgIpc) is 2.80. The van der Waals surface area contributed by atoms with Crippen LogP contribution in [-0.4, -0.2) is 35.3 Å². The predicted octanol–water partition coefficient (Wildman–Crippen LogP) is 3.63. The molecule has 180 valence electrons. The van der Waals surface area contributed by atoms with E-state index in [0.29, 0.717) is 12.2 Å². The van der Waals surface area contributed by atoms with Crippen molar-refractivity contribution in [1.29, 1.82) is 0 Å². The van der Waals surface area contributed by atoms with Crippen molar-refractivity contribution in [2.75, 3.05) is 11.9 Å². The van der Waals surface area contributed by atoms with Crippen molar-refractivity contribution in [3.8, 4) is 0 Å². The number of sulfonamides is 2. The van der Waals surface area contributed by atoms with Crippen LogP contribution in [-0.2, 0) is 20.0 Å². The highest BCUT2D eigenvalue weighted by atomic mass is 32.2. The summed E-state index contributed by atoms with van der Waals surface area (Å²) in [6.45, 7) is 2.30. The average molecular weight is 494 g/mol. The van der Waals surface area contributed by atoms with E-state index >= 15 is 0 Å². The number of carbonyl (C=O) groups is 1. The number of unbranched alkanes of at least 4 members (excludes halogenated alkanes) is 1. The van der Waals surface area contributed by atoms with Gasteiger partial charge in [0.25, 0.3) is 5.91 Å². The SMILES string of the molecule is CCCCNS(=O)(=O)c1cccc(C(=O)Nc2ccc(S(=O)(=O)NC3CCCCC3)cc2)c1. The molecule has 0 spiro atoms. The number of hydrogen-bond donors (Lipinski definition) is 3. The molecule has 3 rings (SSSR count). The van der Waals surface area contributed by atoms with Crippen LogP contribution in [0.1, 0.15) is 62.2 Å². The molecule has 1 aliphatic rings. The first-order chi connectivity index (χ1) is 15.7. The van der Waals surface area contributed by atoms with Gasteiger partial charge in [-0.25, -0.2) is 26.3 Å². The van der Waals surface area contributed by atoms with E-state index in [4.69, 9.17) is 0 Å². The Hall–Kier alpha value is -2.27. The zero-order valence-electron chi connectivity index (χ0n) is 18.7. The molecule has 10 heteroatoms. The molecule has 0 aromatic heterocycles. The summed E-state index contributed by atoms with van der Waals surface area (Å²) in [5.74, 6) is -0.489. The number of nitrogens with one attached hydrogen (secondary N) is 3. The largest absolute Gasteiger partial charge is 0.322 e. The summed E-state index contributed by atoms with van der Waals surface area (Å²) >= 11 is 0. The monoisotopic (exact) mass is 493 g/mol. The zero-order valence-corrected chi connectivity index (χ0v) is 20.3. The highest BCUT2D eigenvalue weighted by Crippen LogP contribution is 2.21. The summed E-state index contributed by atoms with van der Waals surface area (Å²) in [5, 5.41) is 2.68. The van der Waals surface area contributed by atoms with Gasteiger partial charge in [-0.3, -0.25) is 4.79 Å². The predicted molar refractivity (Wildman–Crippen MR) is 128 cm³/mol. The van der Waals surface area contributed by atoms with Crippen molar-refractivity contribution in [3.05, 3.63) is 54.1 Å². The van der Waals surface area contributed by atoms with E-state index in [-0.39, 0.29) is 21.4 Å². The molecule has 0 heterocycles. The van der Waals surface area contributed by atoms with Crippen molar-refractivity contribution < 1.29 is 21.6 Å². The molecule has 0 atom stereocenters. The highest BCUT2D eigenvalue weighted by molar-refractivity contribution is 7.89. The molecule has 0 radical (unpaired) electrons. The molecular weight excluding hydrogens is 462 g/mol. The summed E-state index contributed by atoms with van der Waals surface area (Å²) < 4.78 is 55.3. The molecule has 0 aliphatic heterocycles. The molecule has 2 aromatic carbocycles. The summed E-state index contributed by atoms with van der Waals surface area (Å²) in [6, 6.07) is 11.7. The molecule has 2 aromatic rings. The lowest BCUT2D eigenvalue weighted by molar-refractivity contribution is 0.102. The minimum Gasteiger partial charge on any atom is -0.322 e. The molecular formula is C23H31N3O5S2. The number of hydrogen-bond acceptors (Lipinski definition) is 5. The Morgan fingerprint density at radius 1 is 0.909 bits per heavy atom. The molecule has 0 unspecified atom stereocenters. The van der Waals surface area contributed by atoms with Crippen LogP contribution in [0.15, 0.2) is 58.3 Å². The third-order valence-corrected chi connectivity index (χ3v) is 8.57. The van der Waals surface area contributed by atoms with Gasteiger partial charge in [0.1, 0.15) is 0 Å². The number of anilines is 1. The van der Waals surface area contributed by atoms with Crippen molar-refractivity contribution in [1.82, 2.24) is 9.44 Å². The normalized spacial score (nSPS) is 15.3. The van der Waals surface area contributed by atoms with E-state index in [9.17, 15) is 21.6 Å². The van der Waals surface area contributed by atoms with Crippen molar-refractivity contribution >= 4 is 31.6 Å². The van der Waals surface area contributed by atoms with Gasteiger partial charge in [0, 0.05) is 23.8 Å². The van der Waals surface area contributed by atoms with Gasteiger partial charge < -0.3 is 5.32 Å². The summed E-state index contributed by atoms with van der Waals surface area (Å²) in [5.41, 5.74) is 0.593. The van der Waals surface area contributed by atoms with Gasteiger partial charge >= 0.3 is 0 Å². The van der Waals surface area contributed by atoms with Crippen LogP contribution < -0.4 is 14.8 Å². The van der Waals surface area contributed by atoms with Crippen molar-refractivity contribution in [2.24, 2.45) is 0 Å². The first-order valence-corrected chi connectivity index (χ1v) is 14.2. The lowest BCUT2D eigenvalue weighted by Crippen LogP contribution is -2.36. The third kappa shape index (κ3) is 7.10. The van der Waals surface area contributed by atoms with Gasteiger partial charge in [-0.2, -0.15) is 0 Å². The Morgan fingerprint density at radius 3 is 2.27 bits per heavy atom. The van der Waals surface area contributed by atoms with Crippen LogP contribution in [0.4, 0.5) is 5.69 Å². The van der Waals surface area contributed by atoms with Gasteiger partial charge in [0.2, 0.25) is 20.0 Å². The maximum absolute atomic E-state index is 12.6. The molecule has 1 aliphatic carbocycles. The maximum Gasteiger partial charge on any atom is 0.255 e.